The highest BCUT2D eigenvalue weighted by molar-refractivity contribution is 9.10. The van der Waals surface area contributed by atoms with E-state index in [-0.39, 0.29) is 17.1 Å². The third-order valence-corrected chi connectivity index (χ3v) is 7.15. The zero-order valence-corrected chi connectivity index (χ0v) is 20.2. The van der Waals surface area contributed by atoms with Crippen LogP contribution in [0.2, 0.25) is 0 Å². The number of nitriles is 1. The molecule has 5 nitrogen and oxygen atoms in total. The molecule has 2 aliphatic rings. The minimum absolute atomic E-state index is 0.105. The molecule has 0 saturated carbocycles. The second kappa shape index (κ2) is 7.88. The van der Waals surface area contributed by atoms with Gasteiger partial charge < -0.3 is 4.57 Å². The monoisotopic (exact) mass is 504 g/mol. The Morgan fingerprint density at radius 2 is 2.00 bits per heavy atom. The van der Waals surface area contributed by atoms with Crippen molar-refractivity contribution >= 4 is 44.7 Å². The van der Waals surface area contributed by atoms with Gasteiger partial charge >= 0.3 is 0 Å². The smallest absolute Gasteiger partial charge is 0.162 e. The molecule has 0 spiro atoms. The van der Waals surface area contributed by atoms with Gasteiger partial charge in [0.1, 0.15) is 11.6 Å². The highest BCUT2D eigenvalue weighted by Crippen LogP contribution is 2.51. The predicted octanol–water partition coefficient (Wildman–Crippen LogP) is 6.35. The van der Waals surface area contributed by atoms with E-state index < -0.39 is 0 Å². The number of carbonyl (C=O) groups is 1. The van der Waals surface area contributed by atoms with Crippen LogP contribution in [0.4, 0.5) is 5.82 Å². The first-order valence-corrected chi connectivity index (χ1v) is 12.1. The molecule has 32 heavy (non-hydrogen) atoms. The Bertz CT molecular complexity index is 1280. The zero-order valence-electron chi connectivity index (χ0n) is 17.7. The van der Waals surface area contributed by atoms with Crippen LogP contribution in [0, 0.1) is 16.7 Å². The van der Waals surface area contributed by atoms with E-state index in [1.807, 2.05) is 63.0 Å². The molecule has 160 valence electrons. The van der Waals surface area contributed by atoms with Gasteiger partial charge in [0.15, 0.2) is 5.78 Å². The van der Waals surface area contributed by atoms with Crippen molar-refractivity contribution in [3.8, 4) is 6.07 Å². The van der Waals surface area contributed by atoms with Crippen LogP contribution in [0.3, 0.4) is 0 Å². The standard InChI is InChI=1S/C25H21BrN4OS/c1-25(2)11-19-23(20(31)12-25)22(16-7-10-32-15-16)18(13-27)24(29-8-3-4-9-29)30(19)21-6-5-17(26)14-28-21/h3-10,14-15,22H,11-12H2,1-2H3. The van der Waals surface area contributed by atoms with Crippen LogP contribution < -0.4 is 4.90 Å². The topological polar surface area (TPSA) is 61.9 Å². The molecule has 1 atom stereocenters. The summed E-state index contributed by atoms with van der Waals surface area (Å²) in [5.41, 5.74) is 3.01. The largest absolute Gasteiger partial charge is 0.309 e. The molecule has 0 radical (unpaired) electrons. The van der Waals surface area contributed by atoms with Crippen LogP contribution in [0.15, 0.2) is 81.0 Å². The molecule has 3 aromatic heterocycles. The van der Waals surface area contributed by atoms with E-state index in [9.17, 15) is 10.1 Å². The molecule has 0 fully saturated rings. The Labute approximate surface area is 199 Å². The van der Waals surface area contributed by atoms with Crippen molar-refractivity contribution in [3.05, 3.63) is 86.6 Å². The molecule has 1 aliphatic heterocycles. The SMILES string of the molecule is CC1(C)CC(=O)C2=C(C1)N(c1ccc(Br)cn1)C(n1cccc1)=C(C#N)C2c1ccsc1. The van der Waals surface area contributed by atoms with Gasteiger partial charge in [0.05, 0.1) is 17.6 Å². The molecular formula is C25H21BrN4OS. The number of rotatable bonds is 3. The molecule has 0 saturated heterocycles. The van der Waals surface area contributed by atoms with Crippen LogP contribution in [0.5, 0.6) is 0 Å². The van der Waals surface area contributed by atoms with Gasteiger partial charge in [-0.2, -0.15) is 16.6 Å². The van der Waals surface area contributed by atoms with E-state index in [4.69, 9.17) is 0 Å². The third kappa shape index (κ3) is 3.44. The molecule has 0 bridgehead atoms. The molecule has 0 amide bonds. The van der Waals surface area contributed by atoms with Gasteiger partial charge in [-0.1, -0.05) is 13.8 Å². The van der Waals surface area contributed by atoms with Crippen LogP contribution in [0.25, 0.3) is 5.82 Å². The number of nitrogens with zero attached hydrogens (tertiary/aromatic N) is 4. The Morgan fingerprint density at radius 3 is 2.62 bits per heavy atom. The van der Waals surface area contributed by atoms with Gasteiger partial charge in [-0.25, -0.2) is 4.98 Å². The number of halogens is 1. The number of anilines is 1. The summed E-state index contributed by atoms with van der Waals surface area (Å²) in [7, 11) is 0. The third-order valence-electron chi connectivity index (χ3n) is 5.98. The quantitative estimate of drug-likeness (QED) is 0.417. The molecule has 3 aromatic rings. The minimum Gasteiger partial charge on any atom is -0.309 e. The number of Topliss-reactive ketones (excluding diaryl/α,β-unsaturated/α-hetero) is 1. The predicted molar refractivity (Wildman–Crippen MR) is 130 cm³/mol. The molecular weight excluding hydrogens is 484 g/mol. The summed E-state index contributed by atoms with van der Waals surface area (Å²) in [6, 6.07) is 12.2. The lowest BCUT2D eigenvalue weighted by molar-refractivity contribution is -0.118. The summed E-state index contributed by atoms with van der Waals surface area (Å²) in [5.74, 6) is 1.14. The summed E-state index contributed by atoms with van der Waals surface area (Å²) in [6.45, 7) is 4.25. The molecule has 0 aromatic carbocycles. The number of ketones is 1. The normalized spacial score (nSPS) is 20.4. The van der Waals surface area contributed by atoms with Crippen molar-refractivity contribution in [2.75, 3.05) is 4.90 Å². The summed E-state index contributed by atoms with van der Waals surface area (Å²) < 4.78 is 2.83. The van der Waals surface area contributed by atoms with Crippen LogP contribution in [-0.4, -0.2) is 15.3 Å². The number of pyridine rings is 1. The van der Waals surface area contributed by atoms with Gasteiger partial charge in [-0.05, 0) is 74.4 Å². The van der Waals surface area contributed by atoms with E-state index in [1.54, 1.807) is 17.5 Å². The van der Waals surface area contributed by atoms with E-state index in [0.717, 1.165) is 33.5 Å². The summed E-state index contributed by atoms with van der Waals surface area (Å²) in [4.78, 5) is 20.3. The number of thiophene rings is 1. The highest BCUT2D eigenvalue weighted by atomic mass is 79.9. The van der Waals surface area contributed by atoms with Crippen molar-refractivity contribution in [2.24, 2.45) is 5.41 Å². The maximum atomic E-state index is 13.6. The van der Waals surface area contributed by atoms with Gasteiger partial charge in [0, 0.05) is 40.8 Å². The number of carbonyl (C=O) groups excluding carboxylic acids is 1. The second-order valence-electron chi connectivity index (χ2n) is 8.90. The molecule has 0 N–H and O–H groups in total. The van der Waals surface area contributed by atoms with Crippen molar-refractivity contribution < 1.29 is 4.79 Å². The molecule has 7 heteroatoms. The average Bonchev–Trinajstić information content (AvgIpc) is 3.46. The fourth-order valence-corrected chi connectivity index (χ4v) is 5.64. The number of aromatic nitrogens is 2. The Kier molecular flexibility index (Phi) is 5.15. The number of hydrogen-bond donors (Lipinski definition) is 0. The lowest BCUT2D eigenvalue weighted by atomic mass is 9.69. The second-order valence-corrected chi connectivity index (χ2v) is 10.6. The highest BCUT2D eigenvalue weighted by Gasteiger charge is 2.45. The van der Waals surface area contributed by atoms with Crippen LogP contribution in [-0.2, 0) is 4.79 Å². The Morgan fingerprint density at radius 1 is 1.22 bits per heavy atom. The fraction of sp³-hybridized carbons (Fsp3) is 0.240. The number of hydrogen-bond acceptors (Lipinski definition) is 5. The summed E-state index contributed by atoms with van der Waals surface area (Å²) in [6.07, 6.45) is 6.80. The first-order valence-electron chi connectivity index (χ1n) is 10.4. The number of allylic oxidation sites excluding steroid dienone is 3. The Balaban J connectivity index is 1.85. The fourth-order valence-electron chi connectivity index (χ4n) is 4.72. The molecule has 1 unspecified atom stereocenters. The lowest BCUT2D eigenvalue weighted by Gasteiger charge is -2.44. The van der Waals surface area contributed by atoms with E-state index in [1.165, 1.54) is 0 Å². The van der Waals surface area contributed by atoms with Crippen molar-refractivity contribution in [1.82, 2.24) is 9.55 Å². The van der Waals surface area contributed by atoms with Gasteiger partial charge in [-0.3, -0.25) is 9.69 Å². The van der Waals surface area contributed by atoms with Crippen molar-refractivity contribution in [2.45, 2.75) is 32.6 Å². The van der Waals surface area contributed by atoms with Gasteiger partial charge in [-0.15, -0.1) is 0 Å². The van der Waals surface area contributed by atoms with E-state index in [0.29, 0.717) is 17.8 Å². The molecule has 1 aliphatic carbocycles. The average molecular weight is 505 g/mol. The van der Waals surface area contributed by atoms with E-state index >= 15 is 0 Å². The summed E-state index contributed by atoms with van der Waals surface area (Å²) in [5, 5.41) is 14.5. The first-order chi connectivity index (χ1) is 15.4. The minimum atomic E-state index is -0.381. The first kappa shape index (κ1) is 20.9. The molecule has 5 rings (SSSR count). The van der Waals surface area contributed by atoms with Gasteiger partial charge in [0.2, 0.25) is 0 Å². The van der Waals surface area contributed by atoms with Crippen LogP contribution >= 0.6 is 27.3 Å². The zero-order chi connectivity index (χ0) is 22.5. The summed E-state index contributed by atoms with van der Waals surface area (Å²) >= 11 is 5.05. The van der Waals surface area contributed by atoms with Crippen molar-refractivity contribution in [1.29, 1.82) is 5.26 Å². The van der Waals surface area contributed by atoms with E-state index in [2.05, 4.69) is 40.8 Å². The van der Waals surface area contributed by atoms with Gasteiger partial charge in [0.25, 0.3) is 0 Å². The Hall–Kier alpha value is -2.95. The molecule has 4 heterocycles. The lowest BCUT2D eigenvalue weighted by Crippen LogP contribution is -2.40. The maximum Gasteiger partial charge on any atom is 0.162 e. The van der Waals surface area contributed by atoms with Crippen molar-refractivity contribution in [3.63, 3.8) is 0 Å². The maximum absolute atomic E-state index is 13.6. The van der Waals surface area contributed by atoms with Crippen LogP contribution in [0.1, 0.15) is 38.2 Å².